The molecule has 20 heavy (non-hydrogen) atoms. The lowest BCUT2D eigenvalue weighted by Crippen LogP contribution is -2.42. The summed E-state index contributed by atoms with van der Waals surface area (Å²) in [4.78, 5) is 7.22. The molecule has 0 amide bonds. The Kier molecular flexibility index (Phi) is 2.88. The van der Waals surface area contributed by atoms with E-state index in [0.29, 0.717) is 6.04 Å². The molecule has 0 aromatic carbocycles. The monoisotopic (exact) mass is 271 g/mol. The van der Waals surface area contributed by atoms with E-state index >= 15 is 0 Å². The molecule has 5 nitrogen and oxygen atoms in total. The first kappa shape index (κ1) is 12.1. The van der Waals surface area contributed by atoms with E-state index in [0.717, 1.165) is 23.3 Å². The third kappa shape index (κ3) is 2.06. The second-order valence-corrected chi connectivity index (χ2v) is 6.07. The summed E-state index contributed by atoms with van der Waals surface area (Å²) in [6, 6.07) is 7.39. The number of rotatable bonds is 2. The normalized spacial score (nSPS) is 26.9. The van der Waals surface area contributed by atoms with E-state index in [1.165, 1.54) is 38.8 Å². The Morgan fingerprint density at radius 1 is 1.25 bits per heavy atom. The zero-order chi connectivity index (χ0) is 13.5. The molecular formula is C15H21N5. The first-order valence-corrected chi connectivity index (χ1v) is 7.62. The number of hydrogen-bond acceptors (Lipinski definition) is 4. The molecule has 2 aromatic rings. The first-order valence-electron chi connectivity index (χ1n) is 7.62. The zero-order valence-corrected chi connectivity index (χ0v) is 11.9. The number of fused-ring (bicyclic) bond motifs is 2. The number of nitrogens with zero attached hydrogens (tertiary/aromatic N) is 4. The lowest BCUT2D eigenvalue weighted by molar-refractivity contribution is 0.188. The molecule has 4 rings (SSSR count). The van der Waals surface area contributed by atoms with Crippen LogP contribution in [0.3, 0.4) is 0 Å². The molecule has 2 aliphatic rings. The van der Waals surface area contributed by atoms with E-state index < -0.39 is 0 Å². The van der Waals surface area contributed by atoms with Gasteiger partial charge in [-0.25, -0.2) is 4.52 Å². The van der Waals surface area contributed by atoms with Gasteiger partial charge in [-0.3, -0.25) is 0 Å². The molecule has 106 valence electrons. The van der Waals surface area contributed by atoms with Gasteiger partial charge in [-0.2, -0.15) is 4.98 Å². The van der Waals surface area contributed by atoms with Crippen molar-refractivity contribution in [3.63, 3.8) is 0 Å². The van der Waals surface area contributed by atoms with Crippen LogP contribution >= 0.6 is 0 Å². The molecule has 2 unspecified atom stereocenters. The van der Waals surface area contributed by atoms with Gasteiger partial charge in [-0.1, -0.05) is 6.07 Å². The van der Waals surface area contributed by atoms with Crippen LogP contribution in [0.25, 0.3) is 5.65 Å². The summed E-state index contributed by atoms with van der Waals surface area (Å²) in [5, 5.41) is 8.11. The van der Waals surface area contributed by atoms with Crippen molar-refractivity contribution in [2.45, 2.75) is 44.7 Å². The van der Waals surface area contributed by atoms with Crippen molar-refractivity contribution in [2.75, 3.05) is 18.4 Å². The molecule has 2 atom stereocenters. The number of anilines is 1. The average Bonchev–Trinajstić information content (AvgIpc) is 3.05. The van der Waals surface area contributed by atoms with E-state index in [-0.39, 0.29) is 0 Å². The third-order valence-corrected chi connectivity index (χ3v) is 4.70. The summed E-state index contributed by atoms with van der Waals surface area (Å²) >= 11 is 0. The van der Waals surface area contributed by atoms with Crippen LogP contribution in [0.2, 0.25) is 0 Å². The van der Waals surface area contributed by atoms with Crippen molar-refractivity contribution < 1.29 is 0 Å². The number of hydrogen-bond donors (Lipinski definition) is 1. The molecule has 0 spiro atoms. The van der Waals surface area contributed by atoms with Crippen LogP contribution in [0.15, 0.2) is 18.2 Å². The van der Waals surface area contributed by atoms with Crippen molar-refractivity contribution in [1.29, 1.82) is 0 Å². The number of piperidine rings is 1. The molecule has 2 saturated heterocycles. The molecule has 0 aliphatic carbocycles. The van der Waals surface area contributed by atoms with Gasteiger partial charge < -0.3 is 10.2 Å². The van der Waals surface area contributed by atoms with Crippen LogP contribution in [-0.2, 0) is 0 Å². The van der Waals surface area contributed by atoms with Crippen molar-refractivity contribution in [2.24, 2.45) is 0 Å². The number of nitrogens with one attached hydrogen (secondary N) is 1. The van der Waals surface area contributed by atoms with Crippen LogP contribution in [0.4, 0.5) is 5.95 Å². The molecule has 0 bridgehead atoms. The maximum atomic E-state index is 4.58. The Bertz CT molecular complexity index is 620. The highest BCUT2D eigenvalue weighted by Crippen LogP contribution is 2.28. The van der Waals surface area contributed by atoms with E-state index in [1.807, 2.05) is 16.6 Å². The lowest BCUT2D eigenvalue weighted by Gasteiger charge is -2.34. The summed E-state index contributed by atoms with van der Waals surface area (Å²) < 4.78 is 1.91. The smallest absolute Gasteiger partial charge is 0.243 e. The summed E-state index contributed by atoms with van der Waals surface area (Å²) in [6.45, 7) is 4.57. The van der Waals surface area contributed by atoms with Crippen molar-refractivity contribution in [1.82, 2.24) is 19.5 Å². The third-order valence-electron chi connectivity index (χ3n) is 4.70. The molecule has 5 heteroatoms. The SMILES string of the molecule is Cc1cccc2nc(NC3CCN4CCCC4C3)nn12. The van der Waals surface area contributed by atoms with Gasteiger partial charge >= 0.3 is 0 Å². The van der Waals surface area contributed by atoms with Crippen molar-refractivity contribution >= 4 is 11.6 Å². The quantitative estimate of drug-likeness (QED) is 0.908. The topological polar surface area (TPSA) is 45.5 Å². The van der Waals surface area contributed by atoms with Crippen molar-refractivity contribution in [3.05, 3.63) is 23.9 Å². The maximum absolute atomic E-state index is 4.58. The minimum Gasteiger partial charge on any atom is -0.350 e. The molecule has 0 radical (unpaired) electrons. The van der Waals surface area contributed by atoms with Crippen LogP contribution in [0.5, 0.6) is 0 Å². The van der Waals surface area contributed by atoms with Gasteiger partial charge in [-0.05, 0) is 51.3 Å². The Morgan fingerprint density at radius 3 is 3.10 bits per heavy atom. The second-order valence-electron chi connectivity index (χ2n) is 6.07. The van der Waals surface area contributed by atoms with Gasteiger partial charge in [0.1, 0.15) is 0 Å². The fourth-order valence-corrected chi connectivity index (χ4v) is 3.63. The van der Waals surface area contributed by atoms with Crippen LogP contribution in [-0.4, -0.2) is 44.7 Å². The van der Waals surface area contributed by atoms with E-state index in [1.54, 1.807) is 0 Å². The van der Waals surface area contributed by atoms with Gasteiger partial charge in [-0.15, -0.1) is 5.10 Å². The standard InChI is InChI=1S/C15H21N5/c1-11-4-2-6-14-17-15(18-20(11)14)16-12-7-9-19-8-3-5-13(19)10-12/h2,4,6,12-13H,3,5,7-10H2,1H3,(H,16,18). The molecule has 0 saturated carbocycles. The second kappa shape index (κ2) is 4.74. The molecular weight excluding hydrogens is 250 g/mol. The predicted octanol–water partition coefficient (Wildman–Crippen LogP) is 2.08. The average molecular weight is 271 g/mol. The highest BCUT2D eigenvalue weighted by Gasteiger charge is 2.31. The van der Waals surface area contributed by atoms with Crippen molar-refractivity contribution in [3.8, 4) is 0 Å². The minimum absolute atomic E-state index is 0.520. The van der Waals surface area contributed by atoms with Gasteiger partial charge in [0.15, 0.2) is 5.65 Å². The summed E-state index contributed by atoms with van der Waals surface area (Å²) in [7, 11) is 0. The van der Waals surface area contributed by atoms with E-state index in [4.69, 9.17) is 0 Å². The number of aryl methyl sites for hydroxylation is 1. The first-order chi connectivity index (χ1) is 9.79. The Morgan fingerprint density at radius 2 is 2.20 bits per heavy atom. The van der Waals surface area contributed by atoms with Crippen LogP contribution < -0.4 is 5.32 Å². The largest absolute Gasteiger partial charge is 0.350 e. The zero-order valence-electron chi connectivity index (χ0n) is 11.9. The van der Waals surface area contributed by atoms with Crippen LogP contribution in [0.1, 0.15) is 31.4 Å². The highest BCUT2D eigenvalue weighted by atomic mass is 15.4. The number of aromatic nitrogens is 3. The predicted molar refractivity (Wildman–Crippen MR) is 79.0 cm³/mol. The maximum Gasteiger partial charge on any atom is 0.243 e. The molecule has 1 N–H and O–H groups in total. The Balaban J connectivity index is 1.51. The lowest BCUT2D eigenvalue weighted by atomic mass is 9.98. The van der Waals surface area contributed by atoms with Gasteiger partial charge in [0.2, 0.25) is 5.95 Å². The van der Waals surface area contributed by atoms with Gasteiger partial charge in [0, 0.05) is 24.3 Å². The Hall–Kier alpha value is -1.62. The fourth-order valence-electron chi connectivity index (χ4n) is 3.63. The van der Waals surface area contributed by atoms with Crippen LogP contribution in [0, 0.1) is 6.92 Å². The molecule has 2 aromatic heterocycles. The molecule has 4 heterocycles. The van der Waals surface area contributed by atoms with E-state index in [9.17, 15) is 0 Å². The Labute approximate surface area is 119 Å². The summed E-state index contributed by atoms with van der Waals surface area (Å²) in [5.41, 5.74) is 2.04. The highest BCUT2D eigenvalue weighted by molar-refractivity contribution is 5.44. The van der Waals surface area contributed by atoms with Gasteiger partial charge in [0.25, 0.3) is 0 Å². The molecule has 2 aliphatic heterocycles. The number of pyridine rings is 1. The van der Waals surface area contributed by atoms with E-state index in [2.05, 4.69) is 33.3 Å². The van der Waals surface area contributed by atoms with Gasteiger partial charge in [0.05, 0.1) is 0 Å². The summed E-state index contributed by atoms with van der Waals surface area (Å²) in [6.07, 6.45) is 5.15. The molecule has 2 fully saturated rings. The fraction of sp³-hybridized carbons (Fsp3) is 0.600. The minimum atomic E-state index is 0.520. The summed E-state index contributed by atoms with van der Waals surface area (Å²) in [5.74, 6) is 0.774.